The van der Waals surface area contributed by atoms with E-state index in [1.54, 1.807) is 0 Å². The van der Waals surface area contributed by atoms with Gasteiger partial charge in [-0.05, 0) is 50.9 Å². The van der Waals surface area contributed by atoms with Crippen LogP contribution in [0, 0.1) is 6.92 Å². The fourth-order valence-electron chi connectivity index (χ4n) is 1.95. The minimum atomic E-state index is 0.117. The Morgan fingerprint density at radius 2 is 2.38 bits per heavy atom. The van der Waals surface area contributed by atoms with Gasteiger partial charge in [0.2, 0.25) is 0 Å². The molecule has 0 spiro atoms. The molecule has 1 aliphatic rings. The number of nitrogens with zero attached hydrogens (tertiary/aromatic N) is 1. The maximum atomic E-state index is 4.43. The van der Waals surface area contributed by atoms with Crippen molar-refractivity contribution in [2.75, 3.05) is 6.54 Å². The molecule has 2 nitrogen and oxygen atoms in total. The van der Waals surface area contributed by atoms with Crippen molar-refractivity contribution in [1.29, 1.82) is 0 Å². The molecule has 1 aromatic rings. The number of aromatic nitrogens is 1. The molecule has 1 atom stereocenters. The lowest BCUT2D eigenvalue weighted by atomic mass is 9.94. The Hall–Kier alpha value is -0.890. The summed E-state index contributed by atoms with van der Waals surface area (Å²) in [5, 5.41) is 3.51. The number of hydrogen-bond acceptors (Lipinski definition) is 2. The van der Waals surface area contributed by atoms with Crippen LogP contribution in [0.2, 0.25) is 0 Å². The van der Waals surface area contributed by atoms with Gasteiger partial charge in [0.05, 0.1) is 11.2 Å². The second-order valence-corrected chi connectivity index (χ2v) is 4.08. The second kappa shape index (κ2) is 3.11. The lowest BCUT2D eigenvalue weighted by Gasteiger charge is -2.23. The summed E-state index contributed by atoms with van der Waals surface area (Å²) in [6.07, 6.45) is 4.35. The molecule has 2 heterocycles. The van der Waals surface area contributed by atoms with Crippen molar-refractivity contribution in [2.24, 2.45) is 0 Å². The zero-order chi connectivity index (χ0) is 9.31. The van der Waals surface area contributed by atoms with Gasteiger partial charge >= 0.3 is 0 Å². The van der Waals surface area contributed by atoms with E-state index >= 15 is 0 Å². The molecular weight excluding hydrogens is 160 g/mol. The molecule has 1 unspecified atom stereocenters. The Morgan fingerprint density at radius 1 is 1.54 bits per heavy atom. The monoisotopic (exact) mass is 176 g/mol. The fraction of sp³-hybridized carbons (Fsp3) is 0.545. The van der Waals surface area contributed by atoms with Gasteiger partial charge in [-0.25, -0.2) is 0 Å². The molecule has 0 saturated carbocycles. The molecule has 2 heteroatoms. The number of rotatable bonds is 1. The third-order valence-corrected chi connectivity index (χ3v) is 2.85. The van der Waals surface area contributed by atoms with E-state index in [9.17, 15) is 0 Å². The largest absolute Gasteiger partial charge is 0.306 e. The van der Waals surface area contributed by atoms with Crippen LogP contribution in [0.3, 0.4) is 0 Å². The van der Waals surface area contributed by atoms with E-state index in [1.165, 1.54) is 24.1 Å². The van der Waals surface area contributed by atoms with E-state index < -0.39 is 0 Å². The quantitative estimate of drug-likeness (QED) is 0.707. The van der Waals surface area contributed by atoms with Gasteiger partial charge in [-0.15, -0.1) is 0 Å². The first-order valence-corrected chi connectivity index (χ1v) is 4.89. The Balaban J connectivity index is 2.33. The molecule has 0 bridgehead atoms. The zero-order valence-corrected chi connectivity index (χ0v) is 8.30. The van der Waals surface area contributed by atoms with E-state index in [1.807, 2.05) is 12.3 Å². The van der Waals surface area contributed by atoms with Crippen LogP contribution in [0.1, 0.15) is 31.0 Å². The van der Waals surface area contributed by atoms with Gasteiger partial charge in [-0.2, -0.15) is 0 Å². The van der Waals surface area contributed by atoms with Crippen LogP contribution in [-0.2, 0) is 5.54 Å². The highest BCUT2D eigenvalue weighted by atomic mass is 15.0. The van der Waals surface area contributed by atoms with Crippen molar-refractivity contribution in [3.63, 3.8) is 0 Å². The van der Waals surface area contributed by atoms with Gasteiger partial charge in [-0.3, -0.25) is 4.98 Å². The maximum absolute atomic E-state index is 4.43. The maximum Gasteiger partial charge on any atom is 0.0604 e. The van der Waals surface area contributed by atoms with E-state index in [0.29, 0.717) is 0 Å². The molecule has 1 fully saturated rings. The highest BCUT2D eigenvalue weighted by Crippen LogP contribution is 2.28. The molecular formula is C11H16N2. The topological polar surface area (TPSA) is 24.9 Å². The molecule has 1 aromatic heterocycles. The van der Waals surface area contributed by atoms with Crippen LogP contribution in [0.25, 0.3) is 0 Å². The van der Waals surface area contributed by atoms with Crippen molar-refractivity contribution >= 4 is 0 Å². The van der Waals surface area contributed by atoms with Crippen molar-refractivity contribution in [3.8, 4) is 0 Å². The Morgan fingerprint density at radius 3 is 3.00 bits per heavy atom. The minimum Gasteiger partial charge on any atom is -0.306 e. The van der Waals surface area contributed by atoms with E-state index in [2.05, 4.69) is 30.2 Å². The van der Waals surface area contributed by atoms with E-state index in [-0.39, 0.29) is 5.54 Å². The molecule has 0 radical (unpaired) electrons. The van der Waals surface area contributed by atoms with Gasteiger partial charge < -0.3 is 5.32 Å². The van der Waals surface area contributed by atoms with Crippen LogP contribution < -0.4 is 5.32 Å². The van der Waals surface area contributed by atoms with Gasteiger partial charge in [0.15, 0.2) is 0 Å². The summed E-state index contributed by atoms with van der Waals surface area (Å²) in [6, 6.07) is 4.22. The smallest absolute Gasteiger partial charge is 0.0604 e. The summed E-state index contributed by atoms with van der Waals surface area (Å²) >= 11 is 0. The first-order chi connectivity index (χ1) is 6.21. The predicted molar refractivity (Wildman–Crippen MR) is 53.6 cm³/mol. The molecule has 13 heavy (non-hydrogen) atoms. The van der Waals surface area contributed by atoms with Crippen LogP contribution in [0.4, 0.5) is 0 Å². The highest BCUT2D eigenvalue weighted by Gasteiger charge is 2.30. The van der Waals surface area contributed by atoms with Gasteiger partial charge in [0, 0.05) is 6.20 Å². The van der Waals surface area contributed by atoms with Crippen molar-refractivity contribution < 1.29 is 0 Å². The second-order valence-electron chi connectivity index (χ2n) is 4.08. The first kappa shape index (κ1) is 8.70. The Kier molecular flexibility index (Phi) is 2.08. The van der Waals surface area contributed by atoms with Gasteiger partial charge in [0.1, 0.15) is 0 Å². The number of nitrogens with one attached hydrogen (secondary N) is 1. The number of aryl methyl sites for hydroxylation is 1. The molecule has 1 N–H and O–H groups in total. The normalized spacial score (nSPS) is 27.8. The van der Waals surface area contributed by atoms with Gasteiger partial charge in [0.25, 0.3) is 0 Å². The van der Waals surface area contributed by atoms with Crippen LogP contribution in [-0.4, -0.2) is 11.5 Å². The van der Waals surface area contributed by atoms with Crippen LogP contribution >= 0.6 is 0 Å². The molecule has 70 valence electrons. The number of hydrogen-bond donors (Lipinski definition) is 1. The van der Waals surface area contributed by atoms with Crippen molar-refractivity contribution in [3.05, 3.63) is 29.6 Å². The van der Waals surface area contributed by atoms with Crippen LogP contribution in [0.5, 0.6) is 0 Å². The van der Waals surface area contributed by atoms with Crippen molar-refractivity contribution in [2.45, 2.75) is 32.2 Å². The summed E-state index contributed by atoms with van der Waals surface area (Å²) < 4.78 is 0. The predicted octanol–water partition coefficient (Wildman–Crippen LogP) is 1.99. The third kappa shape index (κ3) is 1.59. The van der Waals surface area contributed by atoms with Crippen LogP contribution in [0.15, 0.2) is 18.3 Å². The SMILES string of the molecule is Cc1ccnc(C2(C)CCCN2)c1. The molecule has 1 aliphatic heterocycles. The highest BCUT2D eigenvalue weighted by molar-refractivity contribution is 5.21. The summed E-state index contributed by atoms with van der Waals surface area (Å²) in [6.45, 7) is 5.47. The van der Waals surface area contributed by atoms with Crippen molar-refractivity contribution in [1.82, 2.24) is 10.3 Å². The number of pyridine rings is 1. The lowest BCUT2D eigenvalue weighted by molar-refractivity contribution is 0.421. The standard InChI is InChI=1S/C11H16N2/c1-9-4-7-12-10(8-9)11(2)5-3-6-13-11/h4,7-8,13H,3,5-6H2,1-2H3. The molecule has 2 rings (SSSR count). The summed E-state index contributed by atoms with van der Waals surface area (Å²) in [5.74, 6) is 0. The van der Waals surface area contributed by atoms with Gasteiger partial charge in [-0.1, -0.05) is 0 Å². The molecule has 0 aliphatic carbocycles. The summed E-state index contributed by atoms with van der Waals surface area (Å²) in [7, 11) is 0. The third-order valence-electron chi connectivity index (χ3n) is 2.85. The lowest BCUT2D eigenvalue weighted by Crippen LogP contribution is -2.34. The molecule has 0 amide bonds. The molecule has 0 aromatic carbocycles. The summed E-state index contributed by atoms with van der Waals surface area (Å²) in [5.41, 5.74) is 2.59. The van der Waals surface area contributed by atoms with E-state index in [0.717, 1.165) is 6.54 Å². The fourth-order valence-corrected chi connectivity index (χ4v) is 1.95. The molecule has 1 saturated heterocycles. The van der Waals surface area contributed by atoms with E-state index in [4.69, 9.17) is 0 Å². The zero-order valence-electron chi connectivity index (χ0n) is 8.30. The Labute approximate surface area is 79.4 Å². The average molecular weight is 176 g/mol. The average Bonchev–Trinajstić information content (AvgIpc) is 2.54. The summed E-state index contributed by atoms with van der Waals surface area (Å²) in [4.78, 5) is 4.43. The minimum absolute atomic E-state index is 0.117. The first-order valence-electron chi connectivity index (χ1n) is 4.89. The Bertz CT molecular complexity index is 301.